The normalized spacial score (nSPS) is 13.9. The molecule has 0 aliphatic heterocycles. The predicted molar refractivity (Wildman–Crippen MR) is 137 cm³/mol. The molecule has 1 fully saturated rings. The largest absolute Gasteiger partial charge is 0.496 e. The molecule has 9 nitrogen and oxygen atoms in total. The van der Waals surface area contributed by atoms with E-state index < -0.39 is 0 Å². The van der Waals surface area contributed by atoms with Gasteiger partial charge in [-0.15, -0.1) is 0 Å². The van der Waals surface area contributed by atoms with E-state index in [1.807, 2.05) is 42.9 Å². The smallest absolute Gasteiger partial charge is 0.226 e. The van der Waals surface area contributed by atoms with Crippen molar-refractivity contribution in [3.8, 4) is 17.0 Å². The van der Waals surface area contributed by atoms with Gasteiger partial charge in [-0.25, -0.2) is 4.98 Å². The molecule has 3 aromatic heterocycles. The van der Waals surface area contributed by atoms with Crippen molar-refractivity contribution >= 4 is 22.9 Å². The molecule has 0 bridgehead atoms. The lowest BCUT2D eigenvalue weighted by molar-refractivity contribution is 0.292. The minimum atomic E-state index is 0.123. The van der Waals surface area contributed by atoms with Gasteiger partial charge in [-0.3, -0.25) is 4.98 Å². The number of para-hydroxylation sites is 1. The molecular formula is C26H31N7O2. The van der Waals surface area contributed by atoms with E-state index in [1.165, 1.54) is 12.8 Å². The summed E-state index contributed by atoms with van der Waals surface area (Å²) in [7, 11) is 1.67. The van der Waals surface area contributed by atoms with Crippen LogP contribution in [0.2, 0.25) is 0 Å². The van der Waals surface area contributed by atoms with Crippen molar-refractivity contribution in [1.82, 2.24) is 24.5 Å². The number of imidazole rings is 1. The number of aliphatic hydroxyl groups excluding tert-OH is 1. The number of rotatable bonds is 10. The first-order valence-corrected chi connectivity index (χ1v) is 12.2. The maximum absolute atomic E-state index is 9.14. The molecule has 1 aliphatic rings. The summed E-state index contributed by atoms with van der Waals surface area (Å²) in [4.78, 5) is 18.8. The molecule has 1 saturated carbocycles. The average molecular weight is 474 g/mol. The van der Waals surface area contributed by atoms with Gasteiger partial charge in [-0.05, 0) is 43.0 Å². The molecule has 0 spiro atoms. The maximum Gasteiger partial charge on any atom is 0.226 e. The van der Waals surface area contributed by atoms with Gasteiger partial charge in [-0.2, -0.15) is 9.97 Å². The summed E-state index contributed by atoms with van der Waals surface area (Å²) in [6.07, 6.45) is 9.16. The monoisotopic (exact) mass is 473 g/mol. The van der Waals surface area contributed by atoms with Crippen molar-refractivity contribution in [1.29, 1.82) is 0 Å². The number of methoxy groups -OCH3 is 1. The van der Waals surface area contributed by atoms with Crippen molar-refractivity contribution in [3.63, 3.8) is 0 Å². The van der Waals surface area contributed by atoms with Gasteiger partial charge < -0.3 is 25.0 Å². The Morgan fingerprint density at radius 3 is 2.69 bits per heavy atom. The summed E-state index contributed by atoms with van der Waals surface area (Å²) in [6, 6.07) is 12.3. The minimum absolute atomic E-state index is 0.123. The fourth-order valence-corrected chi connectivity index (χ4v) is 4.58. The number of nitrogens with zero attached hydrogens (tertiary/aromatic N) is 5. The zero-order valence-electron chi connectivity index (χ0n) is 19.9. The van der Waals surface area contributed by atoms with Crippen LogP contribution >= 0.6 is 0 Å². The Kier molecular flexibility index (Phi) is 7.04. The van der Waals surface area contributed by atoms with Crippen LogP contribution in [0.4, 0.5) is 11.8 Å². The van der Waals surface area contributed by atoms with Crippen LogP contribution in [0.3, 0.4) is 0 Å². The Morgan fingerprint density at radius 1 is 1.06 bits per heavy atom. The number of hydrogen-bond donors (Lipinski definition) is 3. The zero-order valence-corrected chi connectivity index (χ0v) is 19.9. The minimum Gasteiger partial charge on any atom is -0.496 e. The Labute approximate surface area is 204 Å². The molecule has 0 atom stereocenters. The first-order valence-electron chi connectivity index (χ1n) is 12.2. The highest BCUT2D eigenvalue weighted by molar-refractivity contribution is 5.84. The third-order valence-corrected chi connectivity index (χ3v) is 6.43. The van der Waals surface area contributed by atoms with E-state index in [-0.39, 0.29) is 6.61 Å². The maximum atomic E-state index is 9.14. The Bertz CT molecular complexity index is 1270. The van der Waals surface area contributed by atoms with Crippen molar-refractivity contribution in [2.75, 3.05) is 30.9 Å². The fraction of sp³-hybridized carbons (Fsp3) is 0.385. The third kappa shape index (κ3) is 5.05. The number of anilines is 2. The second-order valence-electron chi connectivity index (χ2n) is 8.77. The van der Waals surface area contributed by atoms with E-state index in [0.717, 1.165) is 46.6 Å². The number of aromatic nitrogens is 5. The lowest BCUT2D eigenvalue weighted by atomic mass is 10.1. The number of nitrogens with one attached hydrogen (secondary N) is 2. The van der Waals surface area contributed by atoms with Crippen LogP contribution in [0.15, 0.2) is 48.9 Å². The Balaban J connectivity index is 1.38. The molecule has 3 heterocycles. The Hall–Kier alpha value is -3.72. The van der Waals surface area contributed by atoms with Crippen molar-refractivity contribution in [3.05, 3.63) is 54.5 Å². The quantitative estimate of drug-likeness (QED) is 0.290. The average Bonchev–Trinajstić information content (AvgIpc) is 3.58. The lowest BCUT2D eigenvalue weighted by Gasteiger charge is -2.14. The van der Waals surface area contributed by atoms with E-state index in [0.29, 0.717) is 37.3 Å². The van der Waals surface area contributed by atoms with Crippen LogP contribution in [-0.2, 0) is 6.54 Å². The second kappa shape index (κ2) is 10.7. The van der Waals surface area contributed by atoms with E-state index in [4.69, 9.17) is 14.8 Å². The molecule has 0 amide bonds. The zero-order chi connectivity index (χ0) is 24.0. The number of hydrogen-bond acceptors (Lipinski definition) is 8. The molecule has 9 heteroatoms. The molecule has 182 valence electrons. The van der Waals surface area contributed by atoms with Crippen LogP contribution in [0.5, 0.6) is 5.75 Å². The first-order chi connectivity index (χ1) is 17.3. The Morgan fingerprint density at radius 2 is 1.91 bits per heavy atom. The topological polar surface area (TPSA) is 110 Å². The van der Waals surface area contributed by atoms with E-state index in [9.17, 15) is 0 Å². The number of fused-ring (bicyclic) bond motifs is 1. The lowest BCUT2D eigenvalue weighted by Crippen LogP contribution is -2.11. The van der Waals surface area contributed by atoms with Gasteiger partial charge >= 0.3 is 0 Å². The molecule has 35 heavy (non-hydrogen) atoms. The summed E-state index contributed by atoms with van der Waals surface area (Å²) in [6.45, 7) is 1.28. The van der Waals surface area contributed by atoms with E-state index >= 15 is 0 Å². The third-order valence-electron chi connectivity index (χ3n) is 6.43. The molecule has 1 aromatic carbocycles. The molecule has 4 aromatic rings. The second-order valence-corrected chi connectivity index (χ2v) is 8.77. The number of aliphatic hydroxyl groups is 1. The number of ether oxygens (including phenoxy) is 1. The summed E-state index contributed by atoms with van der Waals surface area (Å²) in [5, 5.41) is 15.8. The van der Waals surface area contributed by atoms with Gasteiger partial charge in [0.05, 0.1) is 19.1 Å². The van der Waals surface area contributed by atoms with Gasteiger partial charge in [0.15, 0.2) is 17.0 Å². The van der Waals surface area contributed by atoms with Crippen molar-refractivity contribution in [2.45, 2.75) is 44.7 Å². The molecule has 5 rings (SSSR count). The molecule has 3 N–H and O–H groups in total. The predicted octanol–water partition coefficient (Wildman–Crippen LogP) is 4.42. The summed E-state index contributed by atoms with van der Waals surface area (Å²) in [5.74, 6) is 2.03. The molecular weight excluding hydrogens is 442 g/mol. The highest BCUT2D eigenvalue weighted by Gasteiger charge is 2.22. The fourth-order valence-electron chi connectivity index (χ4n) is 4.58. The number of pyridine rings is 1. The van der Waals surface area contributed by atoms with Gasteiger partial charge in [0.1, 0.15) is 5.75 Å². The summed E-state index contributed by atoms with van der Waals surface area (Å²) in [5.41, 5.74) is 4.46. The van der Waals surface area contributed by atoms with Crippen molar-refractivity contribution < 1.29 is 9.84 Å². The van der Waals surface area contributed by atoms with Crippen LogP contribution in [0.25, 0.3) is 22.4 Å². The first kappa shape index (κ1) is 23.0. The summed E-state index contributed by atoms with van der Waals surface area (Å²) >= 11 is 0. The van der Waals surface area contributed by atoms with E-state index in [1.54, 1.807) is 7.11 Å². The molecule has 0 radical (unpaired) electrons. The van der Waals surface area contributed by atoms with E-state index in [2.05, 4.69) is 36.2 Å². The molecule has 0 unspecified atom stereocenters. The summed E-state index contributed by atoms with van der Waals surface area (Å²) < 4.78 is 7.66. The van der Waals surface area contributed by atoms with Crippen LogP contribution in [-0.4, -0.2) is 49.9 Å². The van der Waals surface area contributed by atoms with Gasteiger partial charge in [-0.1, -0.05) is 31.0 Å². The van der Waals surface area contributed by atoms with Crippen LogP contribution in [0.1, 0.15) is 43.7 Å². The van der Waals surface area contributed by atoms with Gasteiger partial charge in [0.2, 0.25) is 5.95 Å². The molecule has 0 saturated heterocycles. The number of benzene rings is 1. The standard InChI is InChI=1S/C26H31N7O2/c1-35-22-10-5-4-9-20(22)21-12-11-18(15-28-21)16-29-24-23-25(32-26(31-24)27-13-6-14-34)33(17-30-23)19-7-2-3-8-19/h4-5,9-12,15,17,19,34H,2-3,6-8,13-14,16H2,1H3,(H2,27,29,31,32). The van der Waals surface area contributed by atoms with Crippen molar-refractivity contribution in [2.24, 2.45) is 0 Å². The molecule has 1 aliphatic carbocycles. The van der Waals surface area contributed by atoms with Crippen LogP contribution in [0, 0.1) is 0 Å². The van der Waals surface area contributed by atoms with Gasteiger partial charge in [0, 0.05) is 37.5 Å². The van der Waals surface area contributed by atoms with Crippen LogP contribution < -0.4 is 15.4 Å². The highest BCUT2D eigenvalue weighted by Crippen LogP contribution is 2.33. The van der Waals surface area contributed by atoms with Gasteiger partial charge in [0.25, 0.3) is 0 Å². The SMILES string of the molecule is COc1ccccc1-c1ccc(CNc2nc(NCCCO)nc3c2ncn3C2CCCC2)cn1. The highest BCUT2D eigenvalue weighted by atomic mass is 16.5.